The van der Waals surface area contributed by atoms with Crippen LogP contribution in [0.3, 0.4) is 0 Å². The summed E-state index contributed by atoms with van der Waals surface area (Å²) < 4.78 is 28.9. The first-order chi connectivity index (χ1) is 11.5. The molecule has 132 valence electrons. The molecule has 0 aliphatic carbocycles. The third-order valence-corrected chi connectivity index (χ3v) is 6.64. The number of unbranched alkanes of at least 4 members (excludes halogenated alkanes) is 4. The molecule has 0 bridgehead atoms. The highest BCUT2D eigenvalue weighted by Crippen LogP contribution is 2.21. The number of furan rings is 1. The summed E-state index contributed by atoms with van der Waals surface area (Å²) in [6.07, 6.45) is 7.92. The molecule has 3 nitrogen and oxygen atoms in total. The van der Waals surface area contributed by atoms with Gasteiger partial charge in [-0.3, -0.25) is 0 Å². The normalized spacial score (nSPS) is 12.0. The molecule has 0 aliphatic heterocycles. The molecule has 1 aromatic heterocycles. The fourth-order valence-corrected chi connectivity index (χ4v) is 3.80. The molecule has 0 radical (unpaired) electrons. The molecule has 0 unspecified atom stereocenters. The number of rotatable bonds is 10. The molecular weight excluding hydrogens is 320 g/mol. The molecule has 0 aliphatic rings. The van der Waals surface area contributed by atoms with Gasteiger partial charge >= 0.3 is 0 Å². The summed E-state index contributed by atoms with van der Waals surface area (Å²) in [5.41, 5.74) is 2.45. The fourth-order valence-electron chi connectivity index (χ4n) is 2.72. The monoisotopic (exact) mass is 348 g/mol. The second kappa shape index (κ2) is 9.07. The van der Waals surface area contributed by atoms with Crippen molar-refractivity contribution in [3.63, 3.8) is 0 Å². The van der Waals surface area contributed by atoms with E-state index in [1.807, 2.05) is 12.1 Å². The predicted octanol–water partition coefficient (Wildman–Crippen LogP) is 5.26. The average Bonchev–Trinajstić information content (AvgIpc) is 3.08. The van der Waals surface area contributed by atoms with Crippen LogP contribution in [0, 0.1) is 0 Å². The summed E-state index contributed by atoms with van der Waals surface area (Å²) in [6.45, 7) is 3.51. The zero-order valence-corrected chi connectivity index (χ0v) is 15.5. The second-order valence-corrected chi connectivity index (χ2v) is 9.29. The molecule has 0 saturated heterocycles. The second-order valence-electron chi connectivity index (χ2n) is 6.61. The Bertz CT molecular complexity index is 700. The number of hydrogen-bond donors (Lipinski definition) is 0. The van der Waals surface area contributed by atoms with E-state index in [9.17, 15) is 8.42 Å². The predicted molar refractivity (Wildman–Crippen MR) is 99.9 cm³/mol. The largest absolute Gasteiger partial charge is 0.464 e. The summed E-state index contributed by atoms with van der Waals surface area (Å²) in [6, 6.07) is 12.4. The Morgan fingerprint density at radius 1 is 0.958 bits per heavy atom. The standard InChI is InChI=1S/C20H28O3S/c1-17(2)24(21,22)15-7-5-3-4-6-10-18-11-8-12-19(16-18)20-13-9-14-23-20/h8-9,11-14,16-17H,3-7,10,15H2,1-2H3. The molecule has 2 aromatic rings. The molecule has 2 rings (SSSR count). The highest BCUT2D eigenvalue weighted by molar-refractivity contribution is 7.91. The van der Waals surface area contributed by atoms with Crippen molar-refractivity contribution in [2.24, 2.45) is 0 Å². The first kappa shape index (κ1) is 18.8. The van der Waals surface area contributed by atoms with Crippen molar-refractivity contribution < 1.29 is 12.8 Å². The Hall–Kier alpha value is -1.55. The van der Waals surface area contributed by atoms with E-state index in [4.69, 9.17) is 4.42 Å². The van der Waals surface area contributed by atoms with Gasteiger partial charge in [-0.2, -0.15) is 0 Å². The molecule has 1 aromatic carbocycles. The maximum absolute atomic E-state index is 11.7. The Balaban J connectivity index is 1.66. The summed E-state index contributed by atoms with van der Waals surface area (Å²) in [5.74, 6) is 1.23. The van der Waals surface area contributed by atoms with E-state index in [-0.39, 0.29) is 5.25 Å². The molecule has 4 heteroatoms. The van der Waals surface area contributed by atoms with E-state index in [0.29, 0.717) is 5.75 Å². The van der Waals surface area contributed by atoms with Gasteiger partial charge in [0.15, 0.2) is 9.84 Å². The van der Waals surface area contributed by atoms with Gasteiger partial charge in [0.2, 0.25) is 0 Å². The van der Waals surface area contributed by atoms with Crippen molar-refractivity contribution >= 4 is 9.84 Å². The molecule has 0 fully saturated rings. The van der Waals surface area contributed by atoms with Crippen LogP contribution in [0.4, 0.5) is 0 Å². The van der Waals surface area contributed by atoms with Gasteiger partial charge in [-0.1, -0.05) is 37.5 Å². The van der Waals surface area contributed by atoms with Gasteiger partial charge in [-0.15, -0.1) is 0 Å². The molecule has 0 atom stereocenters. The van der Waals surface area contributed by atoms with E-state index >= 15 is 0 Å². The van der Waals surface area contributed by atoms with Crippen molar-refractivity contribution in [3.05, 3.63) is 48.2 Å². The highest BCUT2D eigenvalue weighted by atomic mass is 32.2. The molecule has 24 heavy (non-hydrogen) atoms. The first-order valence-electron chi connectivity index (χ1n) is 8.83. The third kappa shape index (κ3) is 5.82. The van der Waals surface area contributed by atoms with Gasteiger partial charge in [0.1, 0.15) is 5.76 Å². The summed E-state index contributed by atoms with van der Waals surface area (Å²) in [5, 5.41) is -0.251. The number of aryl methyl sites for hydroxylation is 1. The van der Waals surface area contributed by atoms with Crippen LogP contribution in [0.25, 0.3) is 11.3 Å². The van der Waals surface area contributed by atoms with E-state index in [1.54, 1.807) is 20.1 Å². The number of hydrogen-bond acceptors (Lipinski definition) is 3. The maximum Gasteiger partial charge on any atom is 0.152 e. The molecular formula is C20H28O3S. The average molecular weight is 349 g/mol. The van der Waals surface area contributed by atoms with E-state index < -0.39 is 9.84 Å². The lowest BCUT2D eigenvalue weighted by Crippen LogP contribution is -2.17. The van der Waals surface area contributed by atoms with Gasteiger partial charge in [0.25, 0.3) is 0 Å². The van der Waals surface area contributed by atoms with Gasteiger partial charge in [-0.25, -0.2) is 8.42 Å². The number of sulfone groups is 1. The minimum absolute atomic E-state index is 0.251. The maximum atomic E-state index is 11.7. The van der Waals surface area contributed by atoms with Crippen LogP contribution in [-0.2, 0) is 16.3 Å². The zero-order chi connectivity index (χ0) is 17.4. The van der Waals surface area contributed by atoms with Crippen LogP contribution < -0.4 is 0 Å². The van der Waals surface area contributed by atoms with E-state index in [2.05, 4.69) is 24.3 Å². The van der Waals surface area contributed by atoms with Crippen LogP contribution in [-0.4, -0.2) is 19.4 Å². The van der Waals surface area contributed by atoms with Gasteiger partial charge in [0, 0.05) is 5.56 Å². The van der Waals surface area contributed by atoms with Crippen molar-refractivity contribution in [2.45, 2.75) is 57.6 Å². The Morgan fingerprint density at radius 2 is 1.71 bits per heavy atom. The van der Waals surface area contributed by atoms with Gasteiger partial charge in [-0.05, 0) is 56.9 Å². The van der Waals surface area contributed by atoms with E-state index in [1.165, 1.54) is 5.56 Å². The molecule has 1 heterocycles. The van der Waals surface area contributed by atoms with Gasteiger partial charge in [0.05, 0.1) is 17.3 Å². The van der Waals surface area contributed by atoms with E-state index in [0.717, 1.165) is 49.8 Å². The number of benzene rings is 1. The smallest absolute Gasteiger partial charge is 0.152 e. The fraction of sp³-hybridized carbons (Fsp3) is 0.500. The zero-order valence-electron chi connectivity index (χ0n) is 14.7. The van der Waals surface area contributed by atoms with Crippen LogP contribution in [0.5, 0.6) is 0 Å². The topological polar surface area (TPSA) is 47.3 Å². The minimum Gasteiger partial charge on any atom is -0.464 e. The lowest BCUT2D eigenvalue weighted by Gasteiger charge is -2.07. The SMILES string of the molecule is CC(C)S(=O)(=O)CCCCCCCc1cccc(-c2ccco2)c1. The van der Waals surface area contributed by atoms with Crippen molar-refractivity contribution in [3.8, 4) is 11.3 Å². The minimum atomic E-state index is -2.87. The lowest BCUT2D eigenvalue weighted by molar-refractivity contribution is 0.576. The van der Waals surface area contributed by atoms with Gasteiger partial charge < -0.3 is 4.42 Å². The lowest BCUT2D eigenvalue weighted by atomic mass is 10.0. The van der Waals surface area contributed by atoms with Crippen LogP contribution in [0.15, 0.2) is 47.1 Å². The molecule has 0 N–H and O–H groups in total. The van der Waals surface area contributed by atoms with Crippen LogP contribution in [0.2, 0.25) is 0 Å². The molecule has 0 amide bonds. The Kier molecular flexibility index (Phi) is 7.10. The summed E-state index contributed by atoms with van der Waals surface area (Å²) >= 11 is 0. The quantitative estimate of drug-likeness (QED) is 0.550. The summed E-state index contributed by atoms with van der Waals surface area (Å²) in [4.78, 5) is 0. The van der Waals surface area contributed by atoms with Crippen molar-refractivity contribution in [1.82, 2.24) is 0 Å². The van der Waals surface area contributed by atoms with Crippen LogP contribution >= 0.6 is 0 Å². The Morgan fingerprint density at radius 3 is 2.42 bits per heavy atom. The molecule has 0 spiro atoms. The highest BCUT2D eigenvalue weighted by Gasteiger charge is 2.14. The first-order valence-corrected chi connectivity index (χ1v) is 10.5. The van der Waals surface area contributed by atoms with Crippen LogP contribution in [0.1, 0.15) is 51.5 Å². The third-order valence-electron chi connectivity index (χ3n) is 4.35. The van der Waals surface area contributed by atoms with Crippen molar-refractivity contribution in [2.75, 3.05) is 5.75 Å². The van der Waals surface area contributed by atoms with Crippen molar-refractivity contribution in [1.29, 1.82) is 0 Å². The Labute approximate surface area is 146 Å². The summed E-state index contributed by atoms with van der Waals surface area (Å²) in [7, 11) is -2.87. The molecule has 0 saturated carbocycles.